The van der Waals surface area contributed by atoms with Gasteiger partial charge in [-0.15, -0.1) is 0 Å². The van der Waals surface area contributed by atoms with Gasteiger partial charge in [0.25, 0.3) is 11.8 Å². The van der Waals surface area contributed by atoms with E-state index in [1.807, 2.05) is 38.1 Å². The molecule has 2 aliphatic rings. The van der Waals surface area contributed by atoms with Crippen LogP contribution in [-0.4, -0.2) is 32.1 Å². The highest BCUT2D eigenvalue weighted by atomic mass is 16.6. The molecule has 0 unspecified atom stereocenters. The normalized spacial score (nSPS) is 15.1. The molecular weight excluding hydrogens is 432 g/mol. The van der Waals surface area contributed by atoms with Crippen molar-refractivity contribution in [3.8, 4) is 17.2 Å². The highest BCUT2D eigenvalue weighted by Gasteiger charge is 2.41. The van der Waals surface area contributed by atoms with Crippen molar-refractivity contribution in [2.75, 3.05) is 30.5 Å². The molecule has 3 aromatic rings. The Labute approximate surface area is 197 Å². The van der Waals surface area contributed by atoms with Gasteiger partial charge in [0, 0.05) is 17.3 Å². The van der Waals surface area contributed by atoms with Crippen LogP contribution in [0.3, 0.4) is 0 Å². The molecule has 172 valence electrons. The number of carbonyl (C=O) groups is 2. The predicted molar refractivity (Wildman–Crippen MR) is 129 cm³/mol. The average molecular weight is 456 g/mol. The minimum atomic E-state index is -0.441. The summed E-state index contributed by atoms with van der Waals surface area (Å²) in [7, 11) is 1.54. The summed E-state index contributed by atoms with van der Waals surface area (Å²) in [6.45, 7) is 4.87. The number of fused-ring (bicyclic) bond motifs is 1. The molecule has 7 nitrogen and oxygen atoms in total. The molecule has 3 aromatic carbocycles. The zero-order chi connectivity index (χ0) is 23.8. The lowest BCUT2D eigenvalue weighted by Crippen LogP contribution is -2.32. The van der Waals surface area contributed by atoms with E-state index < -0.39 is 11.8 Å². The minimum absolute atomic E-state index is 0.171. The van der Waals surface area contributed by atoms with E-state index >= 15 is 0 Å². The summed E-state index contributed by atoms with van der Waals surface area (Å²) >= 11 is 0. The van der Waals surface area contributed by atoms with Crippen molar-refractivity contribution >= 4 is 28.8 Å². The maximum atomic E-state index is 13.7. The molecule has 34 heavy (non-hydrogen) atoms. The Morgan fingerprint density at radius 2 is 1.62 bits per heavy atom. The van der Waals surface area contributed by atoms with Gasteiger partial charge in [-0.25, -0.2) is 4.90 Å². The zero-order valence-electron chi connectivity index (χ0n) is 19.2. The van der Waals surface area contributed by atoms with Crippen LogP contribution >= 0.6 is 0 Å². The number of hydrogen-bond donors (Lipinski definition) is 1. The van der Waals surface area contributed by atoms with Crippen molar-refractivity contribution in [2.45, 2.75) is 13.8 Å². The monoisotopic (exact) mass is 456 g/mol. The summed E-state index contributed by atoms with van der Waals surface area (Å²) in [5, 5.41) is 3.17. The van der Waals surface area contributed by atoms with Crippen LogP contribution in [0, 0.1) is 13.8 Å². The first kappa shape index (κ1) is 21.6. The fourth-order valence-corrected chi connectivity index (χ4v) is 4.11. The van der Waals surface area contributed by atoms with E-state index in [0.29, 0.717) is 47.4 Å². The van der Waals surface area contributed by atoms with Crippen LogP contribution < -0.4 is 24.4 Å². The van der Waals surface area contributed by atoms with Crippen LogP contribution in [0.25, 0.3) is 5.57 Å². The van der Waals surface area contributed by atoms with E-state index in [2.05, 4.69) is 5.32 Å². The van der Waals surface area contributed by atoms with Gasteiger partial charge in [0.05, 0.1) is 18.4 Å². The minimum Gasteiger partial charge on any atom is -0.496 e. The van der Waals surface area contributed by atoms with E-state index in [-0.39, 0.29) is 11.3 Å². The Balaban J connectivity index is 1.62. The third kappa shape index (κ3) is 3.65. The maximum Gasteiger partial charge on any atom is 0.282 e. The number of hydrogen-bond acceptors (Lipinski definition) is 6. The molecule has 5 rings (SSSR count). The number of anilines is 2. The number of carbonyl (C=O) groups excluding carboxylic acids is 2. The lowest BCUT2D eigenvalue weighted by Gasteiger charge is -2.19. The van der Waals surface area contributed by atoms with Gasteiger partial charge in [0.1, 0.15) is 24.7 Å². The Morgan fingerprint density at radius 3 is 2.38 bits per heavy atom. The number of rotatable bonds is 5. The summed E-state index contributed by atoms with van der Waals surface area (Å²) in [5.74, 6) is 0.865. The molecule has 0 fully saturated rings. The molecule has 0 atom stereocenters. The molecule has 2 amide bonds. The van der Waals surface area contributed by atoms with Gasteiger partial charge in [-0.1, -0.05) is 24.3 Å². The first-order valence-corrected chi connectivity index (χ1v) is 11.0. The molecule has 1 N–H and O–H groups in total. The predicted octanol–water partition coefficient (Wildman–Crippen LogP) is 4.48. The van der Waals surface area contributed by atoms with Crippen molar-refractivity contribution in [3.63, 3.8) is 0 Å². The number of nitrogens with zero attached hydrogens (tertiary/aromatic N) is 1. The summed E-state index contributed by atoms with van der Waals surface area (Å²) in [6, 6.07) is 18.0. The van der Waals surface area contributed by atoms with Gasteiger partial charge in [0.15, 0.2) is 11.5 Å². The van der Waals surface area contributed by atoms with Crippen molar-refractivity contribution in [1.82, 2.24) is 0 Å². The SMILES string of the molecule is COc1ccccc1C1=C(Nc2ccc3c(c2)OCCO3)C(=O)N(c2ccc(C)c(C)c2)C1=O. The van der Waals surface area contributed by atoms with Gasteiger partial charge in [-0.05, 0) is 55.3 Å². The number of methoxy groups -OCH3 is 1. The average Bonchev–Trinajstić information content (AvgIpc) is 3.09. The molecule has 2 heterocycles. The molecule has 0 radical (unpaired) electrons. The smallest absolute Gasteiger partial charge is 0.282 e. The molecule has 2 aliphatic heterocycles. The van der Waals surface area contributed by atoms with Crippen LogP contribution in [-0.2, 0) is 9.59 Å². The fourth-order valence-electron chi connectivity index (χ4n) is 4.11. The lowest BCUT2D eigenvalue weighted by atomic mass is 10.0. The van der Waals surface area contributed by atoms with Crippen molar-refractivity contribution in [1.29, 1.82) is 0 Å². The molecule has 0 bridgehead atoms. The second kappa shape index (κ2) is 8.59. The maximum absolute atomic E-state index is 13.7. The van der Waals surface area contributed by atoms with E-state index in [0.717, 1.165) is 11.1 Å². The molecule has 0 saturated carbocycles. The van der Waals surface area contributed by atoms with Crippen molar-refractivity contribution in [3.05, 3.63) is 83.1 Å². The van der Waals surface area contributed by atoms with Crippen LogP contribution in [0.4, 0.5) is 11.4 Å². The van der Waals surface area contributed by atoms with E-state index in [1.54, 1.807) is 36.4 Å². The third-order valence-electron chi connectivity index (χ3n) is 6.02. The van der Waals surface area contributed by atoms with Crippen molar-refractivity contribution in [2.24, 2.45) is 0 Å². The molecular formula is C27H24N2O5. The third-order valence-corrected chi connectivity index (χ3v) is 6.02. The highest BCUT2D eigenvalue weighted by Crippen LogP contribution is 2.39. The quantitative estimate of drug-likeness (QED) is 0.571. The van der Waals surface area contributed by atoms with Gasteiger partial charge in [-0.2, -0.15) is 0 Å². The van der Waals surface area contributed by atoms with Gasteiger partial charge in [0.2, 0.25) is 0 Å². The Hall–Kier alpha value is -4.26. The van der Waals surface area contributed by atoms with E-state index in [1.165, 1.54) is 12.0 Å². The summed E-state index contributed by atoms with van der Waals surface area (Å²) in [5.41, 5.74) is 4.15. The number of benzene rings is 3. The Morgan fingerprint density at radius 1 is 0.853 bits per heavy atom. The first-order valence-electron chi connectivity index (χ1n) is 11.0. The first-order chi connectivity index (χ1) is 16.5. The largest absolute Gasteiger partial charge is 0.496 e. The second-order valence-electron chi connectivity index (χ2n) is 8.15. The fraction of sp³-hybridized carbons (Fsp3) is 0.185. The van der Waals surface area contributed by atoms with E-state index in [9.17, 15) is 9.59 Å². The second-order valence-corrected chi connectivity index (χ2v) is 8.15. The number of amides is 2. The van der Waals surface area contributed by atoms with Gasteiger partial charge in [-0.3, -0.25) is 9.59 Å². The number of nitrogens with one attached hydrogen (secondary N) is 1. The van der Waals surface area contributed by atoms with Crippen LogP contribution in [0.5, 0.6) is 17.2 Å². The number of ether oxygens (including phenoxy) is 3. The summed E-state index contributed by atoms with van der Waals surface area (Å²) in [4.78, 5) is 28.6. The molecule has 7 heteroatoms. The van der Waals surface area contributed by atoms with Gasteiger partial charge >= 0.3 is 0 Å². The summed E-state index contributed by atoms with van der Waals surface area (Å²) < 4.78 is 16.8. The van der Waals surface area contributed by atoms with Crippen LogP contribution in [0.1, 0.15) is 16.7 Å². The van der Waals surface area contributed by atoms with E-state index in [4.69, 9.17) is 14.2 Å². The highest BCUT2D eigenvalue weighted by molar-refractivity contribution is 6.46. The Bertz CT molecular complexity index is 1340. The van der Waals surface area contributed by atoms with Crippen LogP contribution in [0.15, 0.2) is 66.4 Å². The molecule has 0 aromatic heterocycles. The topological polar surface area (TPSA) is 77.1 Å². The molecule has 0 saturated heterocycles. The molecule has 0 spiro atoms. The number of imide groups is 1. The Kier molecular flexibility index (Phi) is 5.45. The van der Waals surface area contributed by atoms with Gasteiger partial charge < -0.3 is 19.5 Å². The standard InChI is InChI=1S/C27H24N2O5/c1-16-8-10-19(14-17(16)2)29-26(30)24(20-6-4-5-7-21(20)32-3)25(27(29)31)28-18-9-11-22-23(15-18)34-13-12-33-22/h4-11,14-15,28H,12-13H2,1-3H3. The lowest BCUT2D eigenvalue weighted by molar-refractivity contribution is -0.120. The number of para-hydroxylation sites is 1. The zero-order valence-corrected chi connectivity index (χ0v) is 19.2. The number of aryl methyl sites for hydroxylation is 2. The van der Waals surface area contributed by atoms with Crippen molar-refractivity contribution < 1.29 is 23.8 Å². The molecule has 0 aliphatic carbocycles. The van der Waals surface area contributed by atoms with Crippen LogP contribution in [0.2, 0.25) is 0 Å². The summed E-state index contributed by atoms with van der Waals surface area (Å²) in [6.07, 6.45) is 0.